The summed E-state index contributed by atoms with van der Waals surface area (Å²) >= 11 is 5.87. The predicted octanol–water partition coefficient (Wildman–Crippen LogP) is 4.42. The van der Waals surface area contributed by atoms with Crippen LogP contribution in [0.5, 0.6) is 0 Å². The molecule has 2 fully saturated rings. The molecule has 2 N–H and O–H groups in total. The molecule has 2 atom stereocenters. The molecule has 1 saturated carbocycles. The molecule has 0 radical (unpaired) electrons. The van der Waals surface area contributed by atoms with Crippen molar-refractivity contribution in [1.82, 2.24) is 15.1 Å². The molecule has 1 aliphatic carbocycles. The number of hydrogen-bond donors (Lipinski definition) is 2. The molecule has 2 aromatic carbocycles. The highest BCUT2D eigenvalue weighted by molar-refractivity contribution is 6.30. The van der Waals surface area contributed by atoms with Crippen molar-refractivity contribution in [3.63, 3.8) is 0 Å². The number of piperazine rings is 1. The van der Waals surface area contributed by atoms with Gasteiger partial charge in [0.1, 0.15) is 5.60 Å². The Hall–Kier alpha value is -3.26. The third-order valence-electron chi connectivity index (χ3n) is 5.99. The smallest absolute Gasteiger partial charge is 0.410 e. The van der Waals surface area contributed by atoms with Gasteiger partial charge in [-0.2, -0.15) is 0 Å². The van der Waals surface area contributed by atoms with Crippen LogP contribution in [0.4, 0.5) is 15.3 Å². The number of urea groups is 1. The van der Waals surface area contributed by atoms with Crippen LogP contribution in [0.1, 0.15) is 38.3 Å². The SMILES string of the molecule is CC(C)(C)OC(=O)N1CCN(C(=O)Cc2ccc(NC(=O)NCc3ccc(Cl)cc3)cc2)C2CC21. The zero-order chi connectivity index (χ0) is 25.2. The van der Waals surface area contributed by atoms with E-state index in [9.17, 15) is 14.4 Å². The molecule has 2 aromatic rings. The maximum absolute atomic E-state index is 12.9. The van der Waals surface area contributed by atoms with Crippen molar-refractivity contribution < 1.29 is 19.1 Å². The van der Waals surface area contributed by atoms with Crippen molar-refractivity contribution in [1.29, 1.82) is 0 Å². The van der Waals surface area contributed by atoms with Crippen LogP contribution in [0.25, 0.3) is 0 Å². The van der Waals surface area contributed by atoms with Gasteiger partial charge in [0.05, 0.1) is 18.5 Å². The molecule has 2 aliphatic rings. The van der Waals surface area contributed by atoms with Crippen LogP contribution in [0, 0.1) is 0 Å². The third-order valence-corrected chi connectivity index (χ3v) is 6.24. The molecule has 1 saturated heterocycles. The zero-order valence-electron chi connectivity index (χ0n) is 20.2. The number of carbonyl (C=O) groups is 3. The first-order valence-corrected chi connectivity index (χ1v) is 12.1. The molecule has 9 heteroatoms. The van der Waals surface area contributed by atoms with Gasteiger partial charge in [0.2, 0.25) is 5.91 Å². The molecule has 2 unspecified atom stereocenters. The number of nitrogens with one attached hydrogen (secondary N) is 2. The van der Waals surface area contributed by atoms with E-state index >= 15 is 0 Å². The lowest BCUT2D eigenvalue weighted by molar-refractivity contribution is -0.132. The number of hydrogen-bond acceptors (Lipinski definition) is 4. The summed E-state index contributed by atoms with van der Waals surface area (Å²) in [6, 6.07) is 14.3. The molecule has 1 heterocycles. The quantitative estimate of drug-likeness (QED) is 0.638. The lowest BCUT2D eigenvalue weighted by Crippen LogP contribution is -2.52. The predicted molar refractivity (Wildman–Crippen MR) is 134 cm³/mol. The first-order valence-electron chi connectivity index (χ1n) is 11.8. The van der Waals surface area contributed by atoms with Crippen molar-refractivity contribution in [2.45, 2.75) is 57.8 Å². The maximum atomic E-state index is 12.9. The lowest BCUT2D eigenvalue weighted by atomic mass is 10.1. The molecule has 8 nitrogen and oxygen atoms in total. The summed E-state index contributed by atoms with van der Waals surface area (Å²) in [5.74, 6) is 0.0442. The zero-order valence-corrected chi connectivity index (χ0v) is 21.0. The van der Waals surface area contributed by atoms with E-state index in [2.05, 4.69) is 10.6 Å². The summed E-state index contributed by atoms with van der Waals surface area (Å²) in [6.45, 7) is 6.93. The first kappa shape index (κ1) is 24.9. The van der Waals surface area contributed by atoms with Crippen LogP contribution >= 0.6 is 11.6 Å². The fourth-order valence-corrected chi connectivity index (χ4v) is 4.31. The van der Waals surface area contributed by atoms with Gasteiger partial charge in [-0.15, -0.1) is 0 Å². The second-order valence-electron chi connectivity index (χ2n) is 9.94. The highest BCUT2D eigenvalue weighted by Gasteiger charge is 2.52. The number of amides is 4. The van der Waals surface area contributed by atoms with Crippen LogP contribution < -0.4 is 10.6 Å². The molecule has 4 rings (SSSR count). The van der Waals surface area contributed by atoms with Crippen molar-refractivity contribution in [3.8, 4) is 0 Å². The van der Waals surface area contributed by atoms with Crippen LogP contribution in [0.2, 0.25) is 5.02 Å². The van der Waals surface area contributed by atoms with Crippen molar-refractivity contribution in [2.24, 2.45) is 0 Å². The molecule has 186 valence electrons. The van der Waals surface area contributed by atoms with Gasteiger partial charge < -0.3 is 25.2 Å². The third kappa shape index (κ3) is 6.66. The van der Waals surface area contributed by atoms with Crippen molar-refractivity contribution in [3.05, 3.63) is 64.7 Å². The fraction of sp³-hybridized carbons (Fsp3) is 0.423. The number of benzene rings is 2. The summed E-state index contributed by atoms with van der Waals surface area (Å²) < 4.78 is 5.49. The Kier molecular flexibility index (Phi) is 7.21. The van der Waals surface area contributed by atoms with Crippen LogP contribution in [0.3, 0.4) is 0 Å². The van der Waals surface area contributed by atoms with E-state index in [0.29, 0.717) is 30.3 Å². The number of fused-ring (bicyclic) bond motifs is 1. The minimum Gasteiger partial charge on any atom is -0.444 e. The van der Waals surface area contributed by atoms with E-state index in [-0.39, 0.29) is 36.5 Å². The van der Waals surface area contributed by atoms with Gasteiger partial charge in [-0.1, -0.05) is 35.9 Å². The topological polar surface area (TPSA) is 91.0 Å². The van der Waals surface area contributed by atoms with E-state index in [0.717, 1.165) is 17.5 Å². The van der Waals surface area contributed by atoms with Gasteiger partial charge in [0.25, 0.3) is 0 Å². The molecular formula is C26H31ClN4O4. The minimum absolute atomic E-state index is 0.0421. The number of rotatable bonds is 5. The number of nitrogens with zero attached hydrogens (tertiary/aromatic N) is 2. The van der Waals surface area contributed by atoms with Gasteiger partial charge in [0, 0.05) is 30.3 Å². The lowest BCUT2D eigenvalue weighted by Gasteiger charge is -2.35. The van der Waals surface area contributed by atoms with E-state index in [4.69, 9.17) is 16.3 Å². The van der Waals surface area contributed by atoms with E-state index in [1.165, 1.54) is 0 Å². The van der Waals surface area contributed by atoms with Crippen molar-refractivity contribution in [2.75, 3.05) is 18.4 Å². The Morgan fingerprint density at radius 1 is 0.943 bits per heavy atom. The molecule has 4 amide bonds. The summed E-state index contributed by atoms with van der Waals surface area (Å²) in [5.41, 5.74) is 1.92. The number of carbonyl (C=O) groups excluding carboxylic acids is 3. The normalized spacial score (nSPS) is 19.0. The number of ether oxygens (including phenoxy) is 1. The van der Waals surface area contributed by atoms with Crippen LogP contribution in [-0.4, -0.2) is 58.6 Å². The fourth-order valence-electron chi connectivity index (χ4n) is 4.18. The highest BCUT2D eigenvalue weighted by atomic mass is 35.5. The molecular weight excluding hydrogens is 468 g/mol. The van der Waals surface area contributed by atoms with Gasteiger partial charge >= 0.3 is 12.1 Å². The van der Waals surface area contributed by atoms with Crippen LogP contribution in [-0.2, 0) is 22.5 Å². The molecule has 1 aliphatic heterocycles. The van der Waals surface area contributed by atoms with Gasteiger partial charge in [-0.3, -0.25) is 4.79 Å². The molecule has 0 aromatic heterocycles. The molecule has 0 spiro atoms. The van der Waals surface area contributed by atoms with E-state index < -0.39 is 5.60 Å². The van der Waals surface area contributed by atoms with E-state index in [1.54, 1.807) is 29.2 Å². The highest BCUT2D eigenvalue weighted by Crippen LogP contribution is 2.37. The standard InChI is InChI=1S/C26H31ClN4O4/c1-26(2,3)35-25(34)31-13-12-30(21-15-22(21)31)23(32)14-17-6-10-20(11-7-17)29-24(33)28-16-18-4-8-19(27)9-5-18/h4-11,21-22H,12-16H2,1-3H3,(H2,28,29,33). The first-order chi connectivity index (χ1) is 16.6. The Morgan fingerprint density at radius 3 is 2.20 bits per heavy atom. The minimum atomic E-state index is -0.535. The Labute approximate surface area is 210 Å². The second kappa shape index (κ2) is 10.2. The average Bonchev–Trinajstić information content (AvgIpc) is 3.59. The largest absolute Gasteiger partial charge is 0.444 e. The van der Waals surface area contributed by atoms with E-state index in [1.807, 2.05) is 49.9 Å². The van der Waals surface area contributed by atoms with Gasteiger partial charge in [0.15, 0.2) is 0 Å². The number of anilines is 1. The summed E-state index contributed by atoms with van der Waals surface area (Å²) in [4.78, 5) is 41.1. The summed E-state index contributed by atoms with van der Waals surface area (Å²) in [5, 5.41) is 6.24. The van der Waals surface area contributed by atoms with Gasteiger partial charge in [-0.05, 0) is 62.6 Å². The summed E-state index contributed by atoms with van der Waals surface area (Å²) in [7, 11) is 0. The maximum Gasteiger partial charge on any atom is 0.410 e. The molecule has 35 heavy (non-hydrogen) atoms. The summed E-state index contributed by atoms with van der Waals surface area (Å²) in [6.07, 6.45) is 0.759. The van der Waals surface area contributed by atoms with Crippen molar-refractivity contribution >= 4 is 35.3 Å². The second-order valence-corrected chi connectivity index (χ2v) is 10.4. The number of halogens is 1. The average molecular weight is 499 g/mol. The Morgan fingerprint density at radius 2 is 1.54 bits per heavy atom. The Bertz CT molecular complexity index is 1080. The van der Waals surface area contributed by atoms with Crippen LogP contribution in [0.15, 0.2) is 48.5 Å². The van der Waals surface area contributed by atoms with Gasteiger partial charge in [-0.25, -0.2) is 9.59 Å². The molecule has 0 bridgehead atoms. The Balaban J connectivity index is 1.23. The monoisotopic (exact) mass is 498 g/mol.